The van der Waals surface area contributed by atoms with Gasteiger partial charge < -0.3 is 4.74 Å². The summed E-state index contributed by atoms with van der Waals surface area (Å²) in [6.45, 7) is 2.80. The number of nitrogens with zero attached hydrogens (tertiary/aromatic N) is 1. The van der Waals surface area contributed by atoms with Gasteiger partial charge in [0, 0.05) is 13.0 Å². The van der Waals surface area contributed by atoms with Crippen LogP contribution in [0.3, 0.4) is 0 Å². The number of ether oxygens (including phenoxy) is 1. The fraction of sp³-hybridized carbons (Fsp3) is 0.300. The Morgan fingerprint density at radius 1 is 1.56 bits per heavy atom. The molecule has 1 rings (SSSR count). The summed E-state index contributed by atoms with van der Waals surface area (Å²) < 4.78 is 4.88. The van der Waals surface area contributed by atoms with Crippen molar-refractivity contribution in [2.45, 2.75) is 20.0 Å². The Morgan fingerprint density at radius 3 is 2.69 bits per heavy atom. The van der Waals surface area contributed by atoms with E-state index in [-0.39, 0.29) is 5.69 Å². The average Bonchev–Trinajstić information content (AvgIpc) is 2.15. The van der Waals surface area contributed by atoms with E-state index in [9.17, 15) is 14.9 Å². The topological polar surface area (TPSA) is 69.4 Å². The van der Waals surface area contributed by atoms with E-state index in [0.717, 1.165) is 0 Å². The molecule has 82 valence electrons. The molecule has 1 aromatic rings. The fourth-order valence-corrected chi connectivity index (χ4v) is 1.38. The van der Waals surface area contributed by atoms with Crippen molar-refractivity contribution in [2.24, 2.45) is 0 Å². The average molecular weight is 219 g/mol. The van der Waals surface area contributed by atoms with Gasteiger partial charge in [-0.05, 0) is 6.92 Å². The maximum Gasteiger partial charge on any atom is 0.303 e. The lowest BCUT2D eigenvalue weighted by molar-refractivity contribution is -0.386. The third kappa shape index (κ3) is 2.82. The molecule has 0 aliphatic rings. The van der Waals surface area contributed by atoms with Crippen LogP contribution in [0.4, 0.5) is 5.69 Å². The second-order valence-corrected chi connectivity index (χ2v) is 3.33. The van der Waals surface area contributed by atoms with E-state index in [2.05, 4.69) is 0 Å². The van der Waals surface area contributed by atoms with Crippen molar-refractivity contribution in [3.05, 3.63) is 33.9 Å². The first-order valence-corrected chi connectivity index (χ1v) is 4.63. The summed E-state index contributed by atoms with van der Waals surface area (Å²) in [4.78, 5) is 21.0. The summed E-state index contributed by atoms with van der Waals surface area (Å²) in [5.41, 5.74) is 0.572. The maximum atomic E-state index is 10.8. The molecule has 1 aromatic carbocycles. The SMILES string of the molecule is [B]c1ccc([N+](=O)[O-])c(C(C)OC(C)=O)c1. The van der Waals surface area contributed by atoms with Crippen LogP contribution in [0, 0.1) is 10.1 Å². The molecule has 0 amide bonds. The fourth-order valence-electron chi connectivity index (χ4n) is 1.38. The van der Waals surface area contributed by atoms with E-state index in [4.69, 9.17) is 12.6 Å². The molecule has 0 saturated carbocycles. The van der Waals surface area contributed by atoms with Gasteiger partial charge in [-0.1, -0.05) is 17.6 Å². The van der Waals surface area contributed by atoms with Crippen molar-refractivity contribution >= 4 is 25.0 Å². The van der Waals surface area contributed by atoms with Gasteiger partial charge >= 0.3 is 5.97 Å². The van der Waals surface area contributed by atoms with E-state index in [1.54, 1.807) is 6.92 Å². The number of carbonyl (C=O) groups excluding carboxylic acids is 1. The highest BCUT2D eigenvalue weighted by molar-refractivity contribution is 6.32. The summed E-state index contributed by atoms with van der Waals surface area (Å²) in [5.74, 6) is -0.496. The Kier molecular flexibility index (Phi) is 3.66. The van der Waals surface area contributed by atoms with Gasteiger partial charge in [0.1, 0.15) is 14.0 Å². The molecule has 2 radical (unpaired) electrons. The van der Waals surface area contributed by atoms with Gasteiger partial charge in [-0.3, -0.25) is 14.9 Å². The summed E-state index contributed by atoms with van der Waals surface area (Å²) in [5, 5.41) is 10.7. The number of nitro benzene ring substituents is 1. The monoisotopic (exact) mass is 219 g/mol. The molecule has 0 saturated heterocycles. The number of hydrogen-bond donors (Lipinski definition) is 0. The maximum absolute atomic E-state index is 10.8. The van der Waals surface area contributed by atoms with Gasteiger partial charge in [-0.2, -0.15) is 0 Å². The van der Waals surface area contributed by atoms with Crippen LogP contribution >= 0.6 is 0 Å². The molecule has 0 aliphatic carbocycles. The standard InChI is InChI=1S/C10H10BNO4/c1-6(16-7(2)13)9-5-8(11)3-4-10(9)12(14)15/h3-6H,1-2H3. The molecule has 5 nitrogen and oxygen atoms in total. The Bertz CT molecular complexity index is 433. The highest BCUT2D eigenvalue weighted by atomic mass is 16.6. The van der Waals surface area contributed by atoms with Gasteiger partial charge in [-0.15, -0.1) is 0 Å². The van der Waals surface area contributed by atoms with Crippen molar-refractivity contribution in [1.29, 1.82) is 0 Å². The highest BCUT2D eigenvalue weighted by Gasteiger charge is 2.20. The van der Waals surface area contributed by atoms with E-state index >= 15 is 0 Å². The third-order valence-corrected chi connectivity index (χ3v) is 2.03. The van der Waals surface area contributed by atoms with Crippen LogP contribution in [-0.2, 0) is 9.53 Å². The summed E-state index contributed by atoms with van der Waals surface area (Å²) in [7, 11) is 5.53. The van der Waals surface area contributed by atoms with Crippen molar-refractivity contribution < 1.29 is 14.5 Å². The van der Waals surface area contributed by atoms with E-state index < -0.39 is 17.0 Å². The zero-order valence-corrected chi connectivity index (χ0v) is 8.97. The molecule has 0 aromatic heterocycles. The Balaban J connectivity index is 3.13. The largest absolute Gasteiger partial charge is 0.458 e. The molecule has 1 unspecified atom stereocenters. The lowest BCUT2D eigenvalue weighted by Gasteiger charge is -2.12. The second-order valence-electron chi connectivity index (χ2n) is 3.33. The summed E-state index contributed by atoms with van der Waals surface area (Å²) >= 11 is 0. The van der Waals surface area contributed by atoms with Crippen molar-refractivity contribution in [1.82, 2.24) is 0 Å². The zero-order valence-electron chi connectivity index (χ0n) is 8.97. The quantitative estimate of drug-likeness (QED) is 0.329. The third-order valence-electron chi connectivity index (χ3n) is 2.03. The zero-order chi connectivity index (χ0) is 12.3. The number of benzene rings is 1. The highest BCUT2D eigenvalue weighted by Crippen LogP contribution is 2.26. The normalized spacial score (nSPS) is 11.9. The predicted molar refractivity (Wildman–Crippen MR) is 58.7 cm³/mol. The number of nitro groups is 1. The number of carbonyl (C=O) groups is 1. The van der Waals surface area contributed by atoms with Crippen LogP contribution in [0.15, 0.2) is 18.2 Å². The Labute approximate surface area is 94.0 Å². The first-order valence-electron chi connectivity index (χ1n) is 4.63. The van der Waals surface area contributed by atoms with Gasteiger partial charge in [0.2, 0.25) is 0 Å². The molecular weight excluding hydrogens is 209 g/mol. The molecule has 0 heterocycles. The first kappa shape index (κ1) is 12.2. The van der Waals surface area contributed by atoms with Crippen molar-refractivity contribution in [3.8, 4) is 0 Å². The minimum atomic E-state index is -0.693. The van der Waals surface area contributed by atoms with E-state index in [1.165, 1.54) is 25.1 Å². The minimum absolute atomic E-state index is 0.108. The lowest BCUT2D eigenvalue weighted by Crippen LogP contribution is -2.11. The molecule has 0 fully saturated rings. The van der Waals surface area contributed by atoms with Crippen LogP contribution in [0.5, 0.6) is 0 Å². The van der Waals surface area contributed by atoms with Crippen LogP contribution in [0.1, 0.15) is 25.5 Å². The van der Waals surface area contributed by atoms with Crippen LogP contribution in [-0.4, -0.2) is 18.7 Å². The molecule has 16 heavy (non-hydrogen) atoms. The smallest absolute Gasteiger partial charge is 0.303 e. The molecule has 0 N–H and O–H groups in total. The molecule has 0 aliphatic heterocycles. The number of rotatable bonds is 3. The van der Waals surface area contributed by atoms with Gasteiger partial charge in [0.15, 0.2) is 0 Å². The van der Waals surface area contributed by atoms with Crippen LogP contribution in [0.2, 0.25) is 0 Å². The van der Waals surface area contributed by atoms with E-state index in [0.29, 0.717) is 11.0 Å². The summed E-state index contributed by atoms with van der Waals surface area (Å²) in [6, 6.07) is 4.17. The molecule has 0 spiro atoms. The Hall–Kier alpha value is -1.85. The molecule has 6 heteroatoms. The molecule has 1 atom stereocenters. The predicted octanol–water partition coefficient (Wildman–Crippen LogP) is 1.01. The number of hydrogen-bond acceptors (Lipinski definition) is 4. The van der Waals surface area contributed by atoms with Crippen molar-refractivity contribution in [2.75, 3.05) is 0 Å². The molecule has 0 bridgehead atoms. The second kappa shape index (κ2) is 4.78. The number of esters is 1. The minimum Gasteiger partial charge on any atom is -0.458 e. The lowest BCUT2D eigenvalue weighted by atomic mass is 9.92. The van der Waals surface area contributed by atoms with Crippen molar-refractivity contribution in [3.63, 3.8) is 0 Å². The van der Waals surface area contributed by atoms with E-state index in [1.807, 2.05) is 0 Å². The first-order chi connectivity index (χ1) is 7.41. The van der Waals surface area contributed by atoms with Crippen LogP contribution < -0.4 is 5.46 Å². The van der Waals surface area contributed by atoms with Gasteiger partial charge in [0.25, 0.3) is 5.69 Å². The summed E-state index contributed by atoms with van der Waals surface area (Å²) in [6.07, 6.45) is -0.693. The molecular formula is C10H10BNO4. The Morgan fingerprint density at radius 2 is 2.19 bits per heavy atom. The van der Waals surface area contributed by atoms with Gasteiger partial charge in [-0.25, -0.2) is 0 Å². The van der Waals surface area contributed by atoms with Gasteiger partial charge in [0.05, 0.1) is 10.5 Å². The van der Waals surface area contributed by atoms with Crippen LogP contribution in [0.25, 0.3) is 0 Å².